The molecule has 82 valence electrons. The summed E-state index contributed by atoms with van der Waals surface area (Å²) in [6.07, 6.45) is -3.36. The van der Waals surface area contributed by atoms with Gasteiger partial charge in [-0.05, 0) is 0 Å². The molecule has 0 spiro atoms. The van der Waals surface area contributed by atoms with Crippen molar-refractivity contribution in [1.82, 2.24) is 5.32 Å². The van der Waals surface area contributed by atoms with Crippen LogP contribution in [0.5, 0.6) is 0 Å². The maximum absolute atomic E-state index is 10.5. The molecule has 0 unspecified atom stereocenters. The lowest BCUT2D eigenvalue weighted by atomic mass is 10.1. The highest BCUT2D eigenvalue weighted by atomic mass is 16.4. The monoisotopic (exact) mass is 207 g/mol. The van der Waals surface area contributed by atoms with Crippen molar-refractivity contribution in [1.29, 1.82) is 0 Å². The van der Waals surface area contributed by atoms with Gasteiger partial charge in [-0.2, -0.15) is 0 Å². The molecule has 0 bridgehead atoms. The van der Waals surface area contributed by atoms with Crippen LogP contribution in [0.25, 0.3) is 0 Å². The molecule has 0 fully saturated rings. The molecule has 1 amide bonds. The lowest BCUT2D eigenvalue weighted by Gasteiger charge is -2.22. The molecule has 5 N–H and O–H groups in total. The van der Waals surface area contributed by atoms with Crippen molar-refractivity contribution in [3.05, 3.63) is 0 Å². The Bertz CT molecular complexity index is 218. The zero-order valence-electron chi connectivity index (χ0n) is 7.54. The van der Waals surface area contributed by atoms with Crippen LogP contribution in [0.15, 0.2) is 0 Å². The zero-order chi connectivity index (χ0) is 11.3. The van der Waals surface area contributed by atoms with E-state index in [1.54, 1.807) is 0 Å². The highest BCUT2D eigenvalue weighted by Crippen LogP contribution is 2.00. The molecular formula is C7H13NO6. The van der Waals surface area contributed by atoms with Crippen LogP contribution in [0.2, 0.25) is 0 Å². The molecule has 7 nitrogen and oxygen atoms in total. The van der Waals surface area contributed by atoms with Gasteiger partial charge >= 0.3 is 5.97 Å². The van der Waals surface area contributed by atoms with Crippen LogP contribution < -0.4 is 5.32 Å². The number of carbonyl (C=O) groups excluding carboxylic acids is 1. The Labute approximate surface area is 80.0 Å². The van der Waals surface area contributed by atoms with Gasteiger partial charge in [-0.15, -0.1) is 0 Å². The van der Waals surface area contributed by atoms with E-state index in [-0.39, 0.29) is 0 Å². The summed E-state index contributed by atoms with van der Waals surface area (Å²) in [5.41, 5.74) is 0. The van der Waals surface area contributed by atoms with Crippen molar-refractivity contribution in [2.75, 3.05) is 6.61 Å². The molecule has 0 aliphatic heterocycles. The minimum absolute atomic E-state index is 0.651. The average molecular weight is 207 g/mol. The Morgan fingerprint density at radius 2 is 1.86 bits per heavy atom. The summed E-state index contributed by atoms with van der Waals surface area (Å²) in [5.74, 6) is -2.14. The highest BCUT2D eigenvalue weighted by molar-refractivity contribution is 5.82. The molecule has 0 aliphatic rings. The molecule has 0 aliphatic carbocycles. The summed E-state index contributed by atoms with van der Waals surface area (Å²) in [6, 6.07) is -1.63. The Kier molecular flexibility index (Phi) is 5.06. The SMILES string of the molecule is CC(=O)N[C@H](C(=O)O)[C@@H](O)[C@H](O)CO. The minimum atomic E-state index is -1.75. The number of rotatable bonds is 5. The molecule has 0 aromatic heterocycles. The largest absolute Gasteiger partial charge is 0.480 e. The maximum Gasteiger partial charge on any atom is 0.329 e. The third-order valence-corrected chi connectivity index (χ3v) is 1.55. The Hall–Kier alpha value is -1.18. The molecule has 14 heavy (non-hydrogen) atoms. The van der Waals surface area contributed by atoms with Crippen molar-refractivity contribution < 1.29 is 30.0 Å². The molecule has 0 aromatic rings. The van der Waals surface area contributed by atoms with Gasteiger partial charge in [0.25, 0.3) is 0 Å². The third kappa shape index (κ3) is 3.69. The maximum atomic E-state index is 10.5. The summed E-state index contributed by atoms with van der Waals surface area (Å²) in [5, 5.41) is 37.1. The number of aliphatic carboxylic acids is 1. The molecule has 0 radical (unpaired) electrons. The van der Waals surface area contributed by atoms with E-state index in [4.69, 9.17) is 15.3 Å². The number of hydrogen-bond acceptors (Lipinski definition) is 5. The molecule has 0 saturated carbocycles. The fraction of sp³-hybridized carbons (Fsp3) is 0.714. The van der Waals surface area contributed by atoms with Crippen LogP contribution in [0.3, 0.4) is 0 Å². The topological polar surface area (TPSA) is 127 Å². The second-order valence-electron chi connectivity index (χ2n) is 2.76. The first-order chi connectivity index (χ1) is 6.40. The summed E-state index contributed by atoms with van der Waals surface area (Å²) in [4.78, 5) is 21.1. The predicted octanol–water partition coefficient (Wildman–Crippen LogP) is -2.71. The minimum Gasteiger partial charge on any atom is -0.480 e. The fourth-order valence-corrected chi connectivity index (χ4v) is 0.842. The zero-order valence-corrected chi connectivity index (χ0v) is 7.54. The summed E-state index contributed by atoms with van der Waals surface area (Å²) in [7, 11) is 0. The lowest BCUT2D eigenvalue weighted by Crippen LogP contribution is -2.53. The van der Waals surface area contributed by atoms with Crippen molar-refractivity contribution >= 4 is 11.9 Å². The number of carboxylic acid groups (broad SMARTS) is 1. The van der Waals surface area contributed by atoms with Crippen LogP contribution in [0, 0.1) is 0 Å². The number of carbonyl (C=O) groups is 2. The Balaban J connectivity index is 4.48. The van der Waals surface area contributed by atoms with Crippen LogP contribution in [-0.4, -0.2) is 57.2 Å². The van der Waals surface area contributed by atoms with E-state index in [0.29, 0.717) is 0 Å². The number of amides is 1. The van der Waals surface area contributed by atoms with Gasteiger partial charge in [0.1, 0.15) is 12.2 Å². The van der Waals surface area contributed by atoms with Gasteiger partial charge in [0, 0.05) is 6.92 Å². The van der Waals surface area contributed by atoms with Gasteiger partial charge in [-0.25, -0.2) is 4.79 Å². The molecule has 0 rings (SSSR count). The standard InChI is InChI=1S/C7H13NO6/c1-3(10)8-5(7(13)14)6(12)4(11)2-9/h4-6,9,11-12H,2H2,1H3,(H,8,10)(H,13,14)/t4-,5+,6+/m1/s1. The summed E-state index contributed by atoms with van der Waals surface area (Å²) >= 11 is 0. The van der Waals surface area contributed by atoms with Crippen molar-refractivity contribution in [3.8, 4) is 0 Å². The van der Waals surface area contributed by atoms with Crippen LogP contribution >= 0.6 is 0 Å². The Morgan fingerprint density at radius 3 is 2.14 bits per heavy atom. The first-order valence-electron chi connectivity index (χ1n) is 3.87. The molecular weight excluding hydrogens is 194 g/mol. The fourth-order valence-electron chi connectivity index (χ4n) is 0.842. The van der Waals surface area contributed by atoms with Crippen molar-refractivity contribution in [3.63, 3.8) is 0 Å². The van der Waals surface area contributed by atoms with Gasteiger partial charge in [0.15, 0.2) is 6.04 Å². The van der Waals surface area contributed by atoms with E-state index in [0.717, 1.165) is 6.92 Å². The second-order valence-corrected chi connectivity index (χ2v) is 2.76. The average Bonchev–Trinajstić information content (AvgIpc) is 2.11. The normalized spacial score (nSPS) is 16.9. The molecule has 3 atom stereocenters. The first-order valence-corrected chi connectivity index (χ1v) is 3.87. The Morgan fingerprint density at radius 1 is 1.36 bits per heavy atom. The van der Waals surface area contributed by atoms with Gasteiger partial charge in [-0.3, -0.25) is 4.79 Å². The van der Waals surface area contributed by atoms with E-state index in [9.17, 15) is 14.7 Å². The molecule has 0 saturated heterocycles. The van der Waals surface area contributed by atoms with E-state index >= 15 is 0 Å². The smallest absolute Gasteiger partial charge is 0.329 e. The van der Waals surface area contributed by atoms with E-state index in [2.05, 4.69) is 0 Å². The van der Waals surface area contributed by atoms with E-state index < -0.39 is 36.7 Å². The van der Waals surface area contributed by atoms with E-state index in [1.807, 2.05) is 5.32 Å². The first kappa shape index (κ1) is 12.8. The number of carboxylic acids is 1. The second kappa shape index (κ2) is 5.53. The molecule has 0 heterocycles. The summed E-state index contributed by atoms with van der Waals surface area (Å²) in [6.45, 7) is 0.290. The molecule has 0 aromatic carbocycles. The van der Waals surface area contributed by atoms with Crippen molar-refractivity contribution in [2.45, 2.75) is 25.2 Å². The third-order valence-electron chi connectivity index (χ3n) is 1.55. The number of nitrogens with one attached hydrogen (secondary N) is 1. The van der Waals surface area contributed by atoms with E-state index in [1.165, 1.54) is 0 Å². The number of aliphatic hydroxyl groups excluding tert-OH is 3. The van der Waals surface area contributed by atoms with Crippen LogP contribution in [0.4, 0.5) is 0 Å². The highest BCUT2D eigenvalue weighted by Gasteiger charge is 2.32. The molecule has 7 heteroatoms. The van der Waals surface area contributed by atoms with Crippen LogP contribution in [0.1, 0.15) is 6.92 Å². The van der Waals surface area contributed by atoms with Gasteiger partial charge < -0.3 is 25.7 Å². The number of aliphatic hydroxyl groups is 3. The van der Waals surface area contributed by atoms with Gasteiger partial charge in [0.2, 0.25) is 5.91 Å². The number of hydrogen-bond donors (Lipinski definition) is 5. The van der Waals surface area contributed by atoms with Crippen LogP contribution in [-0.2, 0) is 9.59 Å². The predicted molar refractivity (Wildman–Crippen MR) is 44.3 cm³/mol. The quantitative estimate of drug-likeness (QED) is 0.333. The van der Waals surface area contributed by atoms with Gasteiger partial charge in [0.05, 0.1) is 6.61 Å². The van der Waals surface area contributed by atoms with Crippen molar-refractivity contribution in [2.24, 2.45) is 0 Å². The summed E-state index contributed by atoms with van der Waals surface area (Å²) < 4.78 is 0. The van der Waals surface area contributed by atoms with Gasteiger partial charge in [-0.1, -0.05) is 0 Å². The lowest BCUT2D eigenvalue weighted by molar-refractivity contribution is -0.148.